The summed E-state index contributed by atoms with van der Waals surface area (Å²) in [5.74, 6) is -1.85. The Kier molecular flexibility index (Phi) is 6.43. The van der Waals surface area contributed by atoms with Crippen molar-refractivity contribution < 1.29 is 19.5 Å². The molecule has 30 heavy (non-hydrogen) atoms. The predicted octanol–water partition coefficient (Wildman–Crippen LogP) is 5.93. The number of allylic oxidation sites excluding steroid dienone is 6. The highest BCUT2D eigenvalue weighted by Crippen LogP contribution is 2.64. The molecular weight excluding hydrogens is 376 g/mol. The van der Waals surface area contributed by atoms with E-state index in [4.69, 9.17) is 0 Å². The van der Waals surface area contributed by atoms with Crippen LogP contribution in [0.25, 0.3) is 0 Å². The van der Waals surface area contributed by atoms with E-state index in [0.717, 1.165) is 12.0 Å². The number of ketones is 3. The lowest BCUT2D eigenvalue weighted by Gasteiger charge is -2.59. The maximum atomic E-state index is 14.0. The van der Waals surface area contributed by atoms with Crippen LogP contribution in [0.1, 0.15) is 81.6 Å². The van der Waals surface area contributed by atoms with Crippen LogP contribution >= 0.6 is 0 Å². The van der Waals surface area contributed by atoms with Crippen LogP contribution in [0.5, 0.6) is 0 Å². The molecule has 0 unspecified atom stereocenters. The van der Waals surface area contributed by atoms with Gasteiger partial charge in [-0.1, -0.05) is 51.0 Å². The molecule has 0 aromatic rings. The molecule has 2 aliphatic rings. The molecule has 4 heteroatoms. The van der Waals surface area contributed by atoms with Gasteiger partial charge in [0.25, 0.3) is 0 Å². The number of aliphatic hydroxyl groups excluding tert-OH is 1. The van der Waals surface area contributed by atoms with Gasteiger partial charge < -0.3 is 5.11 Å². The minimum Gasteiger partial charge on any atom is -0.510 e. The van der Waals surface area contributed by atoms with Crippen LogP contribution in [0.2, 0.25) is 0 Å². The van der Waals surface area contributed by atoms with E-state index < -0.39 is 27.9 Å². The summed E-state index contributed by atoms with van der Waals surface area (Å²) in [6, 6.07) is 0. The second-order valence-electron chi connectivity index (χ2n) is 10.7. The Morgan fingerprint density at radius 1 is 1.07 bits per heavy atom. The van der Waals surface area contributed by atoms with Crippen molar-refractivity contribution in [3.63, 3.8) is 0 Å². The summed E-state index contributed by atoms with van der Waals surface area (Å²) in [6.07, 6.45) is 5.54. The zero-order valence-corrected chi connectivity index (χ0v) is 20.1. The molecule has 0 radical (unpaired) electrons. The fourth-order valence-electron chi connectivity index (χ4n) is 5.07. The van der Waals surface area contributed by atoms with Crippen molar-refractivity contribution in [3.05, 3.63) is 34.6 Å². The van der Waals surface area contributed by atoms with E-state index >= 15 is 0 Å². The van der Waals surface area contributed by atoms with Crippen molar-refractivity contribution in [1.29, 1.82) is 0 Å². The second-order valence-corrected chi connectivity index (χ2v) is 10.7. The molecule has 2 aliphatic carbocycles. The second kappa shape index (κ2) is 7.94. The topological polar surface area (TPSA) is 71.4 Å². The molecule has 0 spiro atoms. The van der Waals surface area contributed by atoms with Crippen LogP contribution in [0.3, 0.4) is 0 Å². The lowest BCUT2D eigenvalue weighted by Crippen LogP contribution is -2.66. The molecule has 0 aliphatic heterocycles. The first-order valence-corrected chi connectivity index (χ1v) is 11.0. The molecule has 0 heterocycles. The van der Waals surface area contributed by atoms with Crippen molar-refractivity contribution in [2.24, 2.45) is 28.1 Å². The standard InChI is InChI=1S/C26H38O4/c1-15(2)10-11-18-14-26(13-12-16(3)4)22(29)19(20(27)17(5)6)21(28)25(9,23(26)30)24(18,7)8/h10,12,17-18,29H,11,13-14H2,1-9H3/t18-,25-,26-/m0/s1. The number of carbonyl (C=O) groups is 3. The van der Waals surface area contributed by atoms with Gasteiger partial charge in [0.05, 0.1) is 10.8 Å². The van der Waals surface area contributed by atoms with Crippen molar-refractivity contribution in [1.82, 2.24) is 0 Å². The summed E-state index contributed by atoms with van der Waals surface area (Å²) in [7, 11) is 0. The fourth-order valence-corrected chi connectivity index (χ4v) is 5.07. The van der Waals surface area contributed by atoms with Crippen molar-refractivity contribution in [3.8, 4) is 0 Å². The Hall–Kier alpha value is -1.97. The number of Topliss-reactive ketones (excluding diaryl/α,β-unsaturated/α-hetero) is 3. The number of rotatable bonds is 6. The number of fused-ring (bicyclic) bond motifs is 2. The Balaban J connectivity index is 2.86. The molecule has 0 aromatic heterocycles. The molecule has 166 valence electrons. The van der Waals surface area contributed by atoms with E-state index in [-0.39, 0.29) is 28.8 Å². The number of aliphatic hydroxyl groups is 1. The van der Waals surface area contributed by atoms with Crippen LogP contribution < -0.4 is 0 Å². The Morgan fingerprint density at radius 3 is 2.07 bits per heavy atom. The first-order valence-electron chi connectivity index (χ1n) is 11.0. The SMILES string of the molecule is CC(C)=CC[C@H]1C[C@]2(CC=C(C)C)C(=O)[C@](C)(C(=O)C(C(=O)C(C)C)=C2O)C1(C)C. The maximum absolute atomic E-state index is 14.0. The molecule has 0 aromatic carbocycles. The zero-order chi connectivity index (χ0) is 23.2. The Bertz CT molecular complexity index is 859. The zero-order valence-electron chi connectivity index (χ0n) is 20.1. The van der Waals surface area contributed by atoms with Crippen LogP contribution in [0, 0.1) is 28.1 Å². The summed E-state index contributed by atoms with van der Waals surface area (Å²) < 4.78 is 0. The molecule has 0 amide bonds. The summed E-state index contributed by atoms with van der Waals surface area (Å²) in [4.78, 5) is 40.7. The highest BCUT2D eigenvalue weighted by Gasteiger charge is 2.70. The Morgan fingerprint density at radius 2 is 1.60 bits per heavy atom. The van der Waals surface area contributed by atoms with E-state index in [9.17, 15) is 19.5 Å². The summed E-state index contributed by atoms with van der Waals surface area (Å²) in [5, 5.41) is 11.4. The van der Waals surface area contributed by atoms with Gasteiger partial charge in [0, 0.05) is 5.92 Å². The quantitative estimate of drug-likeness (QED) is 0.332. The Labute approximate surface area is 181 Å². The van der Waals surface area contributed by atoms with Crippen LogP contribution in [-0.4, -0.2) is 22.5 Å². The third-order valence-electron chi connectivity index (χ3n) is 7.60. The summed E-state index contributed by atoms with van der Waals surface area (Å²) in [6.45, 7) is 17.0. The molecule has 4 nitrogen and oxygen atoms in total. The molecule has 1 N–H and O–H groups in total. The molecule has 1 fully saturated rings. The van der Waals surface area contributed by atoms with Crippen LogP contribution in [0.15, 0.2) is 34.6 Å². The molecule has 2 bridgehead atoms. The van der Waals surface area contributed by atoms with Crippen molar-refractivity contribution >= 4 is 17.3 Å². The van der Waals surface area contributed by atoms with Crippen molar-refractivity contribution in [2.75, 3.05) is 0 Å². The monoisotopic (exact) mass is 414 g/mol. The van der Waals surface area contributed by atoms with Crippen LogP contribution in [-0.2, 0) is 14.4 Å². The van der Waals surface area contributed by atoms with E-state index in [1.165, 1.54) is 5.57 Å². The average Bonchev–Trinajstić information content (AvgIpc) is 2.63. The first kappa shape index (κ1) is 24.3. The molecule has 2 rings (SSSR count). The van der Waals surface area contributed by atoms with Crippen molar-refractivity contribution in [2.45, 2.75) is 81.6 Å². The van der Waals surface area contributed by atoms with Gasteiger partial charge in [0.1, 0.15) is 11.3 Å². The van der Waals surface area contributed by atoms with E-state index in [2.05, 4.69) is 6.08 Å². The smallest absolute Gasteiger partial charge is 0.183 e. The van der Waals surface area contributed by atoms with Gasteiger partial charge in [-0.25, -0.2) is 0 Å². The highest BCUT2D eigenvalue weighted by molar-refractivity contribution is 6.31. The summed E-state index contributed by atoms with van der Waals surface area (Å²) in [5.41, 5.74) is -1.17. The summed E-state index contributed by atoms with van der Waals surface area (Å²) >= 11 is 0. The number of carbonyl (C=O) groups excluding carboxylic acids is 3. The van der Waals surface area contributed by atoms with E-state index in [1.807, 2.05) is 47.6 Å². The van der Waals surface area contributed by atoms with Gasteiger partial charge in [0.15, 0.2) is 17.3 Å². The minimum atomic E-state index is -1.35. The van der Waals surface area contributed by atoms with E-state index in [0.29, 0.717) is 12.8 Å². The van der Waals surface area contributed by atoms with Gasteiger partial charge in [-0.3, -0.25) is 14.4 Å². The lowest BCUT2D eigenvalue weighted by molar-refractivity contribution is -0.169. The maximum Gasteiger partial charge on any atom is 0.183 e. The van der Waals surface area contributed by atoms with Crippen LogP contribution in [0.4, 0.5) is 0 Å². The third-order valence-corrected chi connectivity index (χ3v) is 7.60. The largest absolute Gasteiger partial charge is 0.510 e. The lowest BCUT2D eigenvalue weighted by atomic mass is 9.41. The predicted molar refractivity (Wildman–Crippen MR) is 120 cm³/mol. The van der Waals surface area contributed by atoms with Gasteiger partial charge in [-0.2, -0.15) is 0 Å². The van der Waals surface area contributed by atoms with Gasteiger partial charge in [-0.05, 0) is 65.2 Å². The molecule has 3 atom stereocenters. The normalized spacial score (nSPS) is 30.4. The highest BCUT2D eigenvalue weighted by atomic mass is 16.3. The minimum absolute atomic E-state index is 0.0162. The van der Waals surface area contributed by atoms with E-state index in [1.54, 1.807) is 20.8 Å². The number of hydrogen-bond acceptors (Lipinski definition) is 4. The molecular formula is C26H38O4. The average molecular weight is 415 g/mol. The third kappa shape index (κ3) is 3.42. The number of hydrogen-bond donors (Lipinski definition) is 1. The molecule has 1 saturated carbocycles. The van der Waals surface area contributed by atoms with Gasteiger partial charge in [-0.15, -0.1) is 0 Å². The van der Waals surface area contributed by atoms with Gasteiger partial charge >= 0.3 is 0 Å². The fraction of sp³-hybridized carbons (Fsp3) is 0.654. The first-order chi connectivity index (χ1) is 13.6. The molecule has 0 saturated heterocycles. The van der Waals surface area contributed by atoms with Gasteiger partial charge in [0.2, 0.25) is 0 Å².